The zero-order chi connectivity index (χ0) is 20.4. The first-order valence-electron chi connectivity index (χ1n) is 9.74. The van der Waals surface area contributed by atoms with Crippen LogP contribution in [0.4, 0.5) is 0 Å². The van der Waals surface area contributed by atoms with Gasteiger partial charge in [-0.1, -0.05) is 44.2 Å². The van der Waals surface area contributed by atoms with Gasteiger partial charge in [-0.15, -0.1) is 11.3 Å². The van der Waals surface area contributed by atoms with Gasteiger partial charge in [0.05, 0.1) is 11.2 Å². The fraction of sp³-hybridized carbons (Fsp3) is 0.476. The number of carbonyl (C=O) groups excluding carboxylic acids is 1. The number of aromatic nitrogens is 1. The molecule has 1 heterocycles. The van der Waals surface area contributed by atoms with Crippen molar-refractivity contribution in [3.8, 4) is 0 Å². The van der Waals surface area contributed by atoms with E-state index in [1.54, 1.807) is 12.6 Å². The monoisotopic (exact) mass is 401 g/mol. The maximum atomic E-state index is 12.1. The first kappa shape index (κ1) is 21.9. The molecule has 2 rings (SSSR count). The Morgan fingerprint density at radius 2 is 1.79 bits per heavy atom. The van der Waals surface area contributed by atoms with Crippen molar-refractivity contribution in [2.45, 2.75) is 39.0 Å². The van der Waals surface area contributed by atoms with Crippen molar-refractivity contribution in [1.29, 1.82) is 0 Å². The Labute approximate surface area is 171 Å². The third-order valence-electron chi connectivity index (χ3n) is 5.21. The molecule has 28 heavy (non-hydrogen) atoms. The number of aliphatic imine (C=N–C) groups is 1. The van der Waals surface area contributed by atoms with Crippen LogP contribution in [0.25, 0.3) is 0 Å². The van der Waals surface area contributed by atoms with Crippen molar-refractivity contribution in [3.63, 3.8) is 0 Å². The topological polar surface area (TPSA) is 78.4 Å². The highest BCUT2D eigenvalue weighted by Crippen LogP contribution is 2.30. The van der Waals surface area contributed by atoms with E-state index >= 15 is 0 Å². The van der Waals surface area contributed by atoms with E-state index in [1.165, 1.54) is 16.9 Å². The molecule has 0 saturated heterocycles. The van der Waals surface area contributed by atoms with Crippen LogP contribution in [0.1, 0.15) is 47.6 Å². The summed E-state index contributed by atoms with van der Waals surface area (Å²) in [5.74, 6) is 0.662. The van der Waals surface area contributed by atoms with Gasteiger partial charge in [0.1, 0.15) is 4.88 Å². The Morgan fingerprint density at radius 3 is 2.36 bits per heavy atom. The van der Waals surface area contributed by atoms with E-state index in [2.05, 4.69) is 70.1 Å². The average Bonchev–Trinajstić information content (AvgIpc) is 3.17. The molecule has 2 aromatic rings. The molecule has 0 unspecified atom stereocenters. The molecule has 0 aliphatic heterocycles. The van der Waals surface area contributed by atoms with Gasteiger partial charge >= 0.3 is 0 Å². The van der Waals surface area contributed by atoms with Crippen molar-refractivity contribution in [1.82, 2.24) is 20.9 Å². The summed E-state index contributed by atoms with van der Waals surface area (Å²) in [5.41, 5.74) is 3.87. The number of rotatable bonds is 9. The highest BCUT2D eigenvalue weighted by Gasteiger charge is 2.28. The minimum Gasteiger partial charge on any atom is -0.356 e. The van der Waals surface area contributed by atoms with Crippen LogP contribution in [0.2, 0.25) is 0 Å². The quantitative estimate of drug-likeness (QED) is 0.343. The molecule has 0 atom stereocenters. The number of aryl methyl sites for hydroxylation is 1. The van der Waals surface area contributed by atoms with Crippen LogP contribution in [-0.4, -0.2) is 43.5 Å². The van der Waals surface area contributed by atoms with Gasteiger partial charge in [0.2, 0.25) is 0 Å². The number of benzene rings is 1. The summed E-state index contributed by atoms with van der Waals surface area (Å²) >= 11 is 1.36. The minimum absolute atomic E-state index is 0.0663. The second-order valence-electron chi connectivity index (χ2n) is 6.73. The number of amides is 1. The molecule has 1 aromatic heterocycles. The van der Waals surface area contributed by atoms with Gasteiger partial charge in [0, 0.05) is 32.1 Å². The van der Waals surface area contributed by atoms with E-state index in [9.17, 15) is 4.79 Å². The van der Waals surface area contributed by atoms with Crippen LogP contribution in [0.15, 0.2) is 40.8 Å². The second kappa shape index (κ2) is 10.8. The third-order valence-corrected chi connectivity index (χ3v) is 6.14. The standard InChI is InChI=1S/C21H31N5OS/c1-5-21(6-2,17-10-8-7-9-11-17)14-25-20(22-4)24-13-12-23-19(27)18-16(3)26-15-28-18/h7-11,15H,5-6,12-14H2,1-4H3,(H,23,27)(H2,22,24,25). The van der Waals surface area contributed by atoms with E-state index in [4.69, 9.17) is 0 Å². The summed E-state index contributed by atoms with van der Waals surface area (Å²) in [5, 5.41) is 9.63. The SMILES string of the molecule is CCC(CC)(CNC(=NC)NCCNC(=O)c1scnc1C)c1ccccc1. The molecule has 152 valence electrons. The highest BCUT2D eigenvalue weighted by atomic mass is 32.1. The number of hydrogen-bond acceptors (Lipinski definition) is 4. The minimum atomic E-state index is -0.0789. The fourth-order valence-corrected chi connectivity index (χ4v) is 3.95. The number of guanidine groups is 1. The summed E-state index contributed by atoms with van der Waals surface area (Å²) in [7, 11) is 1.76. The third kappa shape index (κ3) is 5.55. The lowest BCUT2D eigenvalue weighted by Gasteiger charge is -2.33. The summed E-state index contributed by atoms with van der Waals surface area (Å²) in [6.07, 6.45) is 2.09. The second-order valence-corrected chi connectivity index (χ2v) is 7.58. The molecule has 7 heteroatoms. The summed E-state index contributed by atoms with van der Waals surface area (Å²) < 4.78 is 0. The molecular weight excluding hydrogens is 370 g/mol. The van der Waals surface area contributed by atoms with Crippen LogP contribution in [0.5, 0.6) is 0 Å². The van der Waals surface area contributed by atoms with Crippen LogP contribution < -0.4 is 16.0 Å². The summed E-state index contributed by atoms with van der Waals surface area (Å²) in [6, 6.07) is 10.6. The smallest absolute Gasteiger partial charge is 0.263 e. The zero-order valence-corrected chi connectivity index (χ0v) is 18.0. The molecule has 0 saturated carbocycles. The van der Waals surface area contributed by atoms with Gasteiger partial charge in [0.25, 0.3) is 5.91 Å². The Balaban J connectivity index is 1.83. The van der Waals surface area contributed by atoms with Gasteiger partial charge in [-0.05, 0) is 25.3 Å². The Bertz CT molecular complexity index is 768. The summed E-state index contributed by atoms with van der Waals surface area (Å²) in [4.78, 5) is 21.2. The predicted octanol–water partition coefficient (Wildman–Crippen LogP) is 3.10. The van der Waals surface area contributed by atoms with Crippen molar-refractivity contribution in [2.24, 2.45) is 4.99 Å². The highest BCUT2D eigenvalue weighted by molar-refractivity contribution is 7.11. The van der Waals surface area contributed by atoms with E-state index in [1.807, 2.05) is 6.92 Å². The number of nitrogens with zero attached hydrogens (tertiary/aromatic N) is 2. The summed E-state index contributed by atoms with van der Waals surface area (Å²) in [6.45, 7) is 8.21. The zero-order valence-electron chi connectivity index (χ0n) is 17.2. The van der Waals surface area contributed by atoms with Crippen molar-refractivity contribution in [3.05, 3.63) is 52.0 Å². The van der Waals surface area contributed by atoms with Crippen LogP contribution >= 0.6 is 11.3 Å². The van der Waals surface area contributed by atoms with E-state index in [0.29, 0.717) is 18.0 Å². The number of nitrogens with one attached hydrogen (secondary N) is 3. The fourth-order valence-electron chi connectivity index (χ4n) is 3.23. The van der Waals surface area contributed by atoms with Crippen molar-refractivity contribution < 1.29 is 4.79 Å². The number of thiazole rings is 1. The normalized spacial score (nSPS) is 11.9. The first-order valence-corrected chi connectivity index (χ1v) is 10.6. The molecule has 0 radical (unpaired) electrons. The lowest BCUT2D eigenvalue weighted by Crippen LogP contribution is -2.47. The molecule has 0 fully saturated rings. The van der Waals surface area contributed by atoms with Crippen LogP contribution in [0.3, 0.4) is 0 Å². The average molecular weight is 402 g/mol. The predicted molar refractivity (Wildman–Crippen MR) is 117 cm³/mol. The molecule has 1 amide bonds. The molecule has 1 aromatic carbocycles. The van der Waals surface area contributed by atoms with Gasteiger partial charge < -0.3 is 16.0 Å². The van der Waals surface area contributed by atoms with Gasteiger partial charge in [0.15, 0.2) is 5.96 Å². The van der Waals surface area contributed by atoms with Crippen LogP contribution in [0, 0.1) is 6.92 Å². The molecule has 0 bridgehead atoms. The van der Waals surface area contributed by atoms with Gasteiger partial charge in [-0.2, -0.15) is 0 Å². The molecule has 0 aliphatic rings. The van der Waals surface area contributed by atoms with Gasteiger partial charge in [-0.25, -0.2) is 4.98 Å². The molecule has 3 N–H and O–H groups in total. The Hall–Kier alpha value is -2.41. The lowest BCUT2D eigenvalue weighted by molar-refractivity contribution is 0.0957. The molecule has 0 aliphatic carbocycles. The first-order chi connectivity index (χ1) is 13.6. The van der Waals surface area contributed by atoms with E-state index < -0.39 is 0 Å². The molecular formula is C21H31N5OS. The molecule has 0 spiro atoms. The van der Waals surface area contributed by atoms with Crippen LogP contribution in [-0.2, 0) is 5.41 Å². The van der Waals surface area contributed by atoms with Crippen molar-refractivity contribution >= 4 is 23.2 Å². The largest absolute Gasteiger partial charge is 0.356 e. The maximum Gasteiger partial charge on any atom is 0.263 e. The number of hydrogen-bond donors (Lipinski definition) is 3. The van der Waals surface area contributed by atoms with E-state index in [-0.39, 0.29) is 11.3 Å². The lowest BCUT2D eigenvalue weighted by atomic mass is 9.76. The Morgan fingerprint density at radius 1 is 1.11 bits per heavy atom. The molecule has 6 nitrogen and oxygen atoms in total. The van der Waals surface area contributed by atoms with Crippen molar-refractivity contribution in [2.75, 3.05) is 26.7 Å². The Kier molecular flexibility index (Phi) is 8.44. The van der Waals surface area contributed by atoms with E-state index in [0.717, 1.165) is 31.0 Å². The maximum absolute atomic E-state index is 12.1. The van der Waals surface area contributed by atoms with Gasteiger partial charge in [-0.3, -0.25) is 9.79 Å². The number of carbonyl (C=O) groups is 1.